The summed E-state index contributed by atoms with van der Waals surface area (Å²) < 4.78 is 4.88. The van der Waals surface area contributed by atoms with Gasteiger partial charge in [-0.1, -0.05) is 60.7 Å². The lowest BCUT2D eigenvalue weighted by Gasteiger charge is -2.27. The van der Waals surface area contributed by atoms with Crippen LogP contribution in [0.1, 0.15) is 11.1 Å². The van der Waals surface area contributed by atoms with Gasteiger partial charge in [0.05, 0.1) is 7.11 Å². The van der Waals surface area contributed by atoms with Crippen LogP contribution in [-0.4, -0.2) is 13.1 Å². The van der Waals surface area contributed by atoms with Gasteiger partial charge in [0.25, 0.3) is 0 Å². The van der Waals surface area contributed by atoms with E-state index in [1.807, 2.05) is 60.7 Å². The normalized spacial score (nSPS) is 13.6. The van der Waals surface area contributed by atoms with Crippen molar-refractivity contribution in [3.8, 4) is 0 Å². The average Bonchev–Trinajstić information content (AvgIpc) is 2.48. The third-order valence-electron chi connectivity index (χ3n) is 3.16. The van der Waals surface area contributed by atoms with Crippen molar-refractivity contribution in [2.45, 2.75) is 12.0 Å². The first-order chi connectivity index (χ1) is 9.16. The summed E-state index contributed by atoms with van der Waals surface area (Å²) in [6.07, 6.45) is 0.407. The van der Waals surface area contributed by atoms with Crippen LogP contribution in [0.5, 0.6) is 0 Å². The summed E-state index contributed by atoms with van der Waals surface area (Å²) in [4.78, 5) is 12.1. The molecule has 0 aliphatic rings. The molecule has 2 aromatic rings. The fraction of sp³-hybridized carbons (Fsp3) is 0.188. The maximum atomic E-state index is 12.1. The topological polar surface area (TPSA) is 52.3 Å². The molecule has 3 nitrogen and oxygen atoms in total. The molecule has 19 heavy (non-hydrogen) atoms. The Morgan fingerprint density at radius 2 is 1.58 bits per heavy atom. The molecule has 0 saturated heterocycles. The summed E-state index contributed by atoms with van der Waals surface area (Å²) in [6.45, 7) is 0. The summed E-state index contributed by atoms with van der Waals surface area (Å²) in [5.41, 5.74) is 6.93. The molecular weight excluding hydrogens is 238 g/mol. The van der Waals surface area contributed by atoms with Gasteiger partial charge in [0.15, 0.2) is 0 Å². The minimum atomic E-state index is -1.16. The third kappa shape index (κ3) is 2.83. The molecule has 0 spiro atoms. The smallest absolute Gasteiger partial charge is 0.330 e. The fourth-order valence-electron chi connectivity index (χ4n) is 2.13. The highest BCUT2D eigenvalue weighted by molar-refractivity contribution is 5.82. The zero-order chi connectivity index (χ0) is 13.7. The standard InChI is InChI=1S/C16H17NO2/c1-19-15(18)16(17,14-10-6-3-7-11-14)12-13-8-4-2-5-9-13/h2-11H,12,17H2,1H3/t16-/m0/s1. The second-order valence-corrected chi connectivity index (χ2v) is 4.49. The molecule has 0 heterocycles. The van der Waals surface area contributed by atoms with E-state index in [9.17, 15) is 4.79 Å². The molecule has 2 aromatic carbocycles. The second-order valence-electron chi connectivity index (χ2n) is 4.49. The van der Waals surface area contributed by atoms with Crippen LogP contribution < -0.4 is 5.73 Å². The molecule has 3 heteroatoms. The summed E-state index contributed by atoms with van der Waals surface area (Å²) in [5.74, 6) is -0.428. The van der Waals surface area contributed by atoms with Gasteiger partial charge in [-0.3, -0.25) is 0 Å². The Balaban J connectivity index is 2.39. The van der Waals surface area contributed by atoms with Crippen molar-refractivity contribution in [3.63, 3.8) is 0 Å². The Labute approximate surface area is 113 Å². The first-order valence-corrected chi connectivity index (χ1v) is 6.13. The van der Waals surface area contributed by atoms with E-state index in [1.54, 1.807) is 0 Å². The molecule has 0 aliphatic carbocycles. The molecule has 0 aromatic heterocycles. The van der Waals surface area contributed by atoms with Gasteiger partial charge in [-0.2, -0.15) is 0 Å². The predicted molar refractivity (Wildman–Crippen MR) is 74.5 cm³/mol. The van der Waals surface area contributed by atoms with E-state index in [-0.39, 0.29) is 0 Å². The highest BCUT2D eigenvalue weighted by atomic mass is 16.5. The van der Waals surface area contributed by atoms with E-state index in [1.165, 1.54) is 7.11 Å². The summed E-state index contributed by atoms with van der Waals surface area (Å²) in [5, 5.41) is 0. The van der Waals surface area contributed by atoms with E-state index in [2.05, 4.69) is 0 Å². The first-order valence-electron chi connectivity index (χ1n) is 6.13. The summed E-state index contributed by atoms with van der Waals surface area (Å²) >= 11 is 0. The van der Waals surface area contributed by atoms with Crippen LogP contribution in [0, 0.1) is 0 Å². The van der Waals surface area contributed by atoms with Crippen molar-refractivity contribution >= 4 is 5.97 Å². The molecule has 1 atom stereocenters. The number of rotatable bonds is 4. The van der Waals surface area contributed by atoms with Gasteiger partial charge in [-0.25, -0.2) is 4.79 Å². The van der Waals surface area contributed by atoms with Crippen molar-refractivity contribution < 1.29 is 9.53 Å². The van der Waals surface area contributed by atoms with Crippen molar-refractivity contribution in [3.05, 3.63) is 71.8 Å². The first kappa shape index (κ1) is 13.3. The van der Waals surface area contributed by atoms with E-state index >= 15 is 0 Å². The maximum Gasteiger partial charge on any atom is 0.330 e. The van der Waals surface area contributed by atoms with Crippen LogP contribution in [0.4, 0.5) is 0 Å². The predicted octanol–water partition coefficient (Wildman–Crippen LogP) is 2.26. The number of hydrogen-bond donors (Lipinski definition) is 1. The lowest BCUT2D eigenvalue weighted by Crippen LogP contribution is -2.47. The molecule has 0 saturated carbocycles. The number of carbonyl (C=O) groups excluding carboxylic acids is 1. The van der Waals surface area contributed by atoms with E-state index in [4.69, 9.17) is 10.5 Å². The van der Waals surface area contributed by atoms with Crippen molar-refractivity contribution in [1.82, 2.24) is 0 Å². The van der Waals surface area contributed by atoms with Gasteiger partial charge < -0.3 is 10.5 Å². The number of benzene rings is 2. The summed E-state index contributed by atoms with van der Waals surface area (Å²) in [7, 11) is 1.36. The monoisotopic (exact) mass is 255 g/mol. The number of carbonyl (C=O) groups is 1. The zero-order valence-electron chi connectivity index (χ0n) is 10.9. The molecule has 98 valence electrons. The molecule has 0 amide bonds. The van der Waals surface area contributed by atoms with Crippen LogP contribution in [0.2, 0.25) is 0 Å². The highest BCUT2D eigenvalue weighted by Gasteiger charge is 2.37. The van der Waals surface area contributed by atoms with Crippen LogP contribution in [0.15, 0.2) is 60.7 Å². The van der Waals surface area contributed by atoms with E-state index < -0.39 is 11.5 Å². The third-order valence-corrected chi connectivity index (χ3v) is 3.16. The Morgan fingerprint density at radius 3 is 2.11 bits per heavy atom. The lowest BCUT2D eigenvalue weighted by atomic mass is 9.85. The molecule has 0 aliphatic heterocycles. The molecule has 0 bridgehead atoms. The second kappa shape index (κ2) is 5.67. The van der Waals surface area contributed by atoms with E-state index in [0.717, 1.165) is 11.1 Å². The summed E-state index contributed by atoms with van der Waals surface area (Å²) in [6, 6.07) is 19.0. The van der Waals surface area contributed by atoms with Gasteiger partial charge in [0, 0.05) is 6.42 Å². The van der Waals surface area contributed by atoms with Crippen LogP contribution in [0.25, 0.3) is 0 Å². The number of methoxy groups -OCH3 is 1. The van der Waals surface area contributed by atoms with Crippen LogP contribution >= 0.6 is 0 Å². The number of ether oxygens (including phenoxy) is 1. The van der Waals surface area contributed by atoms with E-state index in [0.29, 0.717) is 6.42 Å². The average molecular weight is 255 g/mol. The zero-order valence-corrected chi connectivity index (χ0v) is 10.9. The molecule has 0 unspecified atom stereocenters. The highest BCUT2D eigenvalue weighted by Crippen LogP contribution is 2.24. The molecule has 2 rings (SSSR count). The van der Waals surface area contributed by atoms with Crippen molar-refractivity contribution in [1.29, 1.82) is 0 Å². The van der Waals surface area contributed by atoms with Crippen LogP contribution in [-0.2, 0) is 21.5 Å². The largest absolute Gasteiger partial charge is 0.467 e. The molecule has 0 radical (unpaired) electrons. The maximum absolute atomic E-state index is 12.1. The lowest BCUT2D eigenvalue weighted by molar-refractivity contribution is -0.147. The Hall–Kier alpha value is -2.13. The molecular formula is C16H17NO2. The van der Waals surface area contributed by atoms with Gasteiger partial charge in [-0.15, -0.1) is 0 Å². The Morgan fingerprint density at radius 1 is 1.05 bits per heavy atom. The van der Waals surface area contributed by atoms with Gasteiger partial charge in [0.1, 0.15) is 5.54 Å². The fourth-order valence-corrected chi connectivity index (χ4v) is 2.13. The molecule has 0 fully saturated rings. The van der Waals surface area contributed by atoms with Crippen molar-refractivity contribution in [2.24, 2.45) is 5.73 Å². The van der Waals surface area contributed by atoms with Gasteiger partial charge in [-0.05, 0) is 11.1 Å². The quantitative estimate of drug-likeness (QED) is 0.853. The minimum Gasteiger partial charge on any atom is -0.467 e. The number of esters is 1. The minimum absolute atomic E-state index is 0.407. The number of nitrogens with two attached hydrogens (primary N) is 1. The Bertz CT molecular complexity index is 539. The van der Waals surface area contributed by atoms with Gasteiger partial charge in [0.2, 0.25) is 0 Å². The Kier molecular flexibility index (Phi) is 3.97. The van der Waals surface area contributed by atoms with Crippen LogP contribution in [0.3, 0.4) is 0 Å². The molecule has 2 N–H and O–H groups in total. The van der Waals surface area contributed by atoms with Gasteiger partial charge >= 0.3 is 5.97 Å². The number of hydrogen-bond acceptors (Lipinski definition) is 3. The van der Waals surface area contributed by atoms with Crippen molar-refractivity contribution in [2.75, 3.05) is 7.11 Å². The SMILES string of the molecule is COC(=O)[C@](N)(Cc1ccccc1)c1ccccc1.